The van der Waals surface area contributed by atoms with E-state index in [4.69, 9.17) is 0 Å². The van der Waals surface area contributed by atoms with Gasteiger partial charge in [0.15, 0.2) is 0 Å². The summed E-state index contributed by atoms with van der Waals surface area (Å²) in [7, 11) is 0. The lowest BCUT2D eigenvalue weighted by Gasteiger charge is -2.25. The van der Waals surface area contributed by atoms with E-state index in [1.54, 1.807) is 0 Å². The van der Waals surface area contributed by atoms with Crippen LogP contribution < -0.4 is 0 Å². The summed E-state index contributed by atoms with van der Waals surface area (Å²) in [6.45, 7) is 4.45. The Bertz CT molecular complexity index is 178. The molecule has 4 heteroatoms. The second kappa shape index (κ2) is 5.03. The van der Waals surface area contributed by atoms with Crippen molar-refractivity contribution in [2.24, 2.45) is 0 Å². The Morgan fingerprint density at radius 2 is 2.07 bits per heavy atom. The van der Waals surface area contributed by atoms with E-state index < -0.39 is 12.0 Å². The molecule has 0 aliphatic carbocycles. The number of aliphatic hydroxyl groups is 1. The molecule has 0 radical (unpaired) electrons. The first-order valence-corrected chi connectivity index (χ1v) is 5.31. The van der Waals surface area contributed by atoms with Crippen molar-refractivity contribution < 1.29 is 13.9 Å². The van der Waals surface area contributed by atoms with Gasteiger partial charge < -0.3 is 10.0 Å². The van der Waals surface area contributed by atoms with Crippen LogP contribution in [0.4, 0.5) is 8.78 Å². The summed E-state index contributed by atoms with van der Waals surface area (Å²) in [6.07, 6.45) is -0.479. The molecule has 1 N–H and O–H groups in total. The quantitative estimate of drug-likeness (QED) is 0.763. The standard InChI is InChI=1S/C10H19F2NO/c1-2-6-13-7-3-4-10(14,5-8-13)9(11)12/h9,14H,2-8H2,1H3. The molecule has 1 fully saturated rings. The minimum atomic E-state index is -2.61. The Morgan fingerprint density at radius 3 is 2.64 bits per heavy atom. The predicted molar refractivity (Wildman–Crippen MR) is 51.5 cm³/mol. The fourth-order valence-electron chi connectivity index (χ4n) is 1.96. The number of hydrogen-bond donors (Lipinski definition) is 1. The van der Waals surface area contributed by atoms with Gasteiger partial charge in [-0.3, -0.25) is 0 Å². The van der Waals surface area contributed by atoms with Crippen molar-refractivity contribution in [1.29, 1.82) is 0 Å². The third-order valence-corrected chi connectivity index (χ3v) is 2.89. The highest BCUT2D eigenvalue weighted by atomic mass is 19.3. The third-order valence-electron chi connectivity index (χ3n) is 2.89. The Morgan fingerprint density at radius 1 is 1.36 bits per heavy atom. The van der Waals surface area contributed by atoms with Gasteiger partial charge in [0.1, 0.15) is 5.60 Å². The summed E-state index contributed by atoms with van der Waals surface area (Å²) < 4.78 is 25.1. The summed E-state index contributed by atoms with van der Waals surface area (Å²) in [6, 6.07) is 0. The second-order valence-electron chi connectivity index (χ2n) is 4.10. The molecule has 0 spiro atoms. The molecule has 0 aromatic rings. The maximum atomic E-state index is 12.5. The van der Waals surface area contributed by atoms with Gasteiger partial charge in [-0.15, -0.1) is 0 Å². The van der Waals surface area contributed by atoms with Gasteiger partial charge in [-0.1, -0.05) is 6.92 Å². The Balaban J connectivity index is 2.47. The van der Waals surface area contributed by atoms with Gasteiger partial charge in [-0.05, 0) is 38.8 Å². The molecule has 1 rings (SSSR count). The van der Waals surface area contributed by atoms with Crippen LogP contribution in [0.5, 0.6) is 0 Å². The highest BCUT2D eigenvalue weighted by molar-refractivity contribution is 4.85. The van der Waals surface area contributed by atoms with Crippen molar-refractivity contribution in [2.75, 3.05) is 19.6 Å². The van der Waals surface area contributed by atoms with Crippen LogP contribution in [0.25, 0.3) is 0 Å². The van der Waals surface area contributed by atoms with Crippen LogP contribution in [-0.4, -0.2) is 41.7 Å². The molecule has 1 heterocycles. The molecule has 1 saturated heterocycles. The van der Waals surface area contributed by atoms with Gasteiger partial charge in [0.25, 0.3) is 6.43 Å². The maximum absolute atomic E-state index is 12.5. The van der Waals surface area contributed by atoms with Gasteiger partial charge in [-0.2, -0.15) is 0 Å². The Kier molecular flexibility index (Phi) is 4.26. The average molecular weight is 207 g/mol. The lowest BCUT2D eigenvalue weighted by Crippen LogP contribution is -2.38. The first-order valence-electron chi connectivity index (χ1n) is 5.31. The summed E-state index contributed by atoms with van der Waals surface area (Å²) in [5.41, 5.74) is -1.73. The molecule has 14 heavy (non-hydrogen) atoms. The van der Waals surface area contributed by atoms with Crippen LogP contribution in [-0.2, 0) is 0 Å². The molecule has 1 unspecified atom stereocenters. The molecule has 2 nitrogen and oxygen atoms in total. The fourth-order valence-corrected chi connectivity index (χ4v) is 1.96. The molecule has 0 aromatic heterocycles. The summed E-state index contributed by atoms with van der Waals surface area (Å²) >= 11 is 0. The smallest absolute Gasteiger partial charge is 0.266 e. The van der Waals surface area contributed by atoms with Gasteiger partial charge in [-0.25, -0.2) is 8.78 Å². The molecular formula is C10H19F2NO. The molecule has 0 saturated carbocycles. The fraction of sp³-hybridized carbons (Fsp3) is 1.00. The van der Waals surface area contributed by atoms with Gasteiger partial charge in [0, 0.05) is 6.54 Å². The summed E-state index contributed by atoms with van der Waals surface area (Å²) in [4.78, 5) is 2.15. The van der Waals surface area contributed by atoms with Gasteiger partial charge >= 0.3 is 0 Å². The van der Waals surface area contributed by atoms with Crippen LogP contribution in [0.15, 0.2) is 0 Å². The highest BCUT2D eigenvalue weighted by Gasteiger charge is 2.38. The number of halogens is 2. The lowest BCUT2D eigenvalue weighted by molar-refractivity contribution is -0.103. The van der Waals surface area contributed by atoms with Crippen molar-refractivity contribution in [3.63, 3.8) is 0 Å². The number of alkyl halides is 2. The molecule has 1 atom stereocenters. The van der Waals surface area contributed by atoms with Crippen molar-refractivity contribution in [2.45, 2.75) is 44.6 Å². The van der Waals surface area contributed by atoms with Crippen LogP contribution in [0.1, 0.15) is 32.6 Å². The zero-order chi connectivity index (χ0) is 10.6. The molecular weight excluding hydrogens is 188 g/mol. The van der Waals surface area contributed by atoms with Crippen molar-refractivity contribution in [3.8, 4) is 0 Å². The van der Waals surface area contributed by atoms with E-state index >= 15 is 0 Å². The van der Waals surface area contributed by atoms with Crippen LogP contribution >= 0.6 is 0 Å². The van der Waals surface area contributed by atoms with E-state index in [-0.39, 0.29) is 12.8 Å². The average Bonchev–Trinajstić information content (AvgIpc) is 2.30. The van der Waals surface area contributed by atoms with Crippen molar-refractivity contribution in [1.82, 2.24) is 4.90 Å². The minimum Gasteiger partial charge on any atom is -0.384 e. The molecule has 1 aliphatic heterocycles. The van der Waals surface area contributed by atoms with E-state index in [0.29, 0.717) is 13.0 Å². The third kappa shape index (κ3) is 2.89. The topological polar surface area (TPSA) is 23.5 Å². The van der Waals surface area contributed by atoms with Crippen LogP contribution in [0, 0.1) is 0 Å². The van der Waals surface area contributed by atoms with Gasteiger partial charge in [0.05, 0.1) is 0 Å². The molecule has 0 aromatic carbocycles. The zero-order valence-corrected chi connectivity index (χ0v) is 8.68. The molecule has 1 aliphatic rings. The number of nitrogens with zero attached hydrogens (tertiary/aromatic N) is 1. The lowest BCUT2D eigenvalue weighted by atomic mass is 9.96. The van der Waals surface area contributed by atoms with Crippen LogP contribution in [0.3, 0.4) is 0 Å². The molecule has 0 amide bonds. The van der Waals surface area contributed by atoms with E-state index in [1.807, 2.05) is 0 Å². The maximum Gasteiger partial charge on any atom is 0.266 e. The summed E-state index contributed by atoms with van der Waals surface area (Å²) in [5.74, 6) is 0. The molecule has 84 valence electrons. The SMILES string of the molecule is CCCN1CCCC(O)(C(F)F)CC1. The normalized spacial score (nSPS) is 30.6. The van der Waals surface area contributed by atoms with Crippen molar-refractivity contribution >= 4 is 0 Å². The first-order chi connectivity index (χ1) is 6.58. The highest BCUT2D eigenvalue weighted by Crippen LogP contribution is 2.28. The second-order valence-corrected chi connectivity index (χ2v) is 4.10. The molecule has 0 bridgehead atoms. The Labute approximate surface area is 83.9 Å². The van der Waals surface area contributed by atoms with E-state index in [2.05, 4.69) is 11.8 Å². The largest absolute Gasteiger partial charge is 0.384 e. The van der Waals surface area contributed by atoms with Crippen molar-refractivity contribution in [3.05, 3.63) is 0 Å². The van der Waals surface area contributed by atoms with E-state index in [1.165, 1.54) is 0 Å². The minimum absolute atomic E-state index is 0.199. The Hall–Kier alpha value is -0.220. The monoisotopic (exact) mass is 207 g/mol. The van der Waals surface area contributed by atoms with Crippen LogP contribution in [0.2, 0.25) is 0 Å². The number of hydrogen-bond acceptors (Lipinski definition) is 2. The van der Waals surface area contributed by atoms with Gasteiger partial charge in [0.2, 0.25) is 0 Å². The van der Waals surface area contributed by atoms with E-state index in [9.17, 15) is 13.9 Å². The first kappa shape index (κ1) is 11.9. The zero-order valence-electron chi connectivity index (χ0n) is 8.68. The number of likely N-dealkylation sites (tertiary alicyclic amines) is 1. The van der Waals surface area contributed by atoms with E-state index in [0.717, 1.165) is 19.5 Å². The number of rotatable bonds is 3. The summed E-state index contributed by atoms with van der Waals surface area (Å²) in [5, 5.41) is 9.64. The predicted octanol–water partition coefficient (Wildman–Crippen LogP) is 1.88.